The minimum absolute atomic E-state index is 0.0877. The number of fused-ring (bicyclic) bond motifs is 3. The molecule has 2 aromatic rings. The summed E-state index contributed by atoms with van der Waals surface area (Å²) in [5.41, 5.74) is 0.340. The van der Waals surface area contributed by atoms with Gasteiger partial charge < -0.3 is 9.73 Å². The summed E-state index contributed by atoms with van der Waals surface area (Å²) in [6.45, 7) is 6.89. The van der Waals surface area contributed by atoms with E-state index in [0.717, 1.165) is 18.2 Å². The smallest absolute Gasteiger partial charge is 0.349 e. The Balaban J connectivity index is 1.64. The average Bonchev–Trinajstić information content (AvgIpc) is 2.87. The van der Waals surface area contributed by atoms with E-state index in [1.807, 2.05) is 18.2 Å². The summed E-state index contributed by atoms with van der Waals surface area (Å²) >= 11 is 0. The molecule has 4 nitrogen and oxygen atoms in total. The van der Waals surface area contributed by atoms with Gasteiger partial charge in [-0.15, -0.1) is 0 Å². The molecule has 126 valence electrons. The molecule has 2 saturated carbocycles. The highest BCUT2D eigenvalue weighted by Crippen LogP contribution is 2.65. The first kappa shape index (κ1) is 15.4. The van der Waals surface area contributed by atoms with Crippen LogP contribution in [0.25, 0.3) is 11.0 Å². The molecule has 3 atom stereocenters. The summed E-state index contributed by atoms with van der Waals surface area (Å²) < 4.78 is 5.29. The lowest BCUT2D eigenvalue weighted by Gasteiger charge is -2.39. The van der Waals surface area contributed by atoms with Crippen LogP contribution in [0.4, 0.5) is 0 Å². The van der Waals surface area contributed by atoms with Crippen molar-refractivity contribution in [2.75, 3.05) is 0 Å². The van der Waals surface area contributed by atoms with Gasteiger partial charge in [-0.3, -0.25) is 4.79 Å². The quantitative estimate of drug-likeness (QED) is 0.856. The molecular weight excluding hydrogens is 302 g/mol. The Hall–Kier alpha value is -2.10. The van der Waals surface area contributed by atoms with E-state index in [9.17, 15) is 9.59 Å². The molecule has 0 aliphatic heterocycles. The summed E-state index contributed by atoms with van der Waals surface area (Å²) in [6, 6.07) is 9.00. The van der Waals surface area contributed by atoms with E-state index in [0.29, 0.717) is 11.5 Å². The number of hydrogen-bond acceptors (Lipinski definition) is 3. The molecule has 1 heterocycles. The molecule has 0 saturated heterocycles. The highest BCUT2D eigenvalue weighted by molar-refractivity contribution is 5.96. The van der Waals surface area contributed by atoms with Crippen LogP contribution >= 0.6 is 0 Å². The largest absolute Gasteiger partial charge is 0.422 e. The van der Waals surface area contributed by atoms with Crippen molar-refractivity contribution in [1.82, 2.24) is 5.32 Å². The number of carbonyl (C=O) groups excluding carboxylic acids is 1. The van der Waals surface area contributed by atoms with Gasteiger partial charge in [0.05, 0.1) is 0 Å². The summed E-state index contributed by atoms with van der Waals surface area (Å²) in [6.07, 6.45) is 3.35. The zero-order chi connectivity index (χ0) is 17.1. The maximum Gasteiger partial charge on any atom is 0.349 e. The van der Waals surface area contributed by atoms with Crippen molar-refractivity contribution in [2.24, 2.45) is 16.7 Å². The lowest BCUT2D eigenvalue weighted by molar-refractivity contribution is 0.0823. The number of rotatable bonds is 2. The second kappa shape index (κ2) is 4.95. The summed E-state index contributed by atoms with van der Waals surface area (Å²) in [5, 5.41) is 3.89. The third kappa shape index (κ3) is 1.98. The van der Waals surface area contributed by atoms with Crippen LogP contribution in [-0.4, -0.2) is 11.9 Å². The van der Waals surface area contributed by atoms with E-state index >= 15 is 0 Å². The van der Waals surface area contributed by atoms with Gasteiger partial charge in [-0.1, -0.05) is 39.0 Å². The number of benzene rings is 1. The topological polar surface area (TPSA) is 59.3 Å². The third-order valence-corrected chi connectivity index (χ3v) is 6.99. The Morgan fingerprint density at radius 3 is 2.67 bits per heavy atom. The van der Waals surface area contributed by atoms with Crippen LogP contribution in [0.1, 0.15) is 50.4 Å². The number of hydrogen-bond donors (Lipinski definition) is 1. The van der Waals surface area contributed by atoms with Crippen molar-refractivity contribution in [2.45, 2.75) is 46.1 Å². The maximum absolute atomic E-state index is 12.7. The molecule has 1 aromatic carbocycles. The Morgan fingerprint density at radius 1 is 1.25 bits per heavy atom. The normalized spacial score (nSPS) is 30.6. The van der Waals surface area contributed by atoms with Crippen molar-refractivity contribution in [3.8, 4) is 0 Å². The minimum atomic E-state index is -0.571. The lowest BCUT2D eigenvalue weighted by atomic mass is 9.69. The monoisotopic (exact) mass is 325 g/mol. The molecule has 4 heteroatoms. The minimum Gasteiger partial charge on any atom is -0.422 e. The van der Waals surface area contributed by atoms with Crippen molar-refractivity contribution in [1.29, 1.82) is 0 Å². The molecule has 1 aromatic heterocycles. The fourth-order valence-electron chi connectivity index (χ4n) is 4.88. The molecule has 2 bridgehead atoms. The van der Waals surface area contributed by atoms with Gasteiger partial charge in [0.1, 0.15) is 11.1 Å². The lowest BCUT2D eigenvalue weighted by Crippen LogP contribution is -2.47. The van der Waals surface area contributed by atoms with Crippen LogP contribution in [0.15, 0.2) is 39.5 Å². The van der Waals surface area contributed by atoms with Crippen LogP contribution in [0, 0.1) is 16.7 Å². The van der Waals surface area contributed by atoms with Crippen molar-refractivity contribution < 1.29 is 9.21 Å². The van der Waals surface area contributed by atoms with Crippen LogP contribution in [0.2, 0.25) is 0 Å². The summed E-state index contributed by atoms with van der Waals surface area (Å²) in [7, 11) is 0. The first-order valence-electron chi connectivity index (χ1n) is 8.67. The van der Waals surface area contributed by atoms with E-state index < -0.39 is 5.63 Å². The van der Waals surface area contributed by atoms with E-state index in [1.165, 1.54) is 6.42 Å². The van der Waals surface area contributed by atoms with Gasteiger partial charge in [-0.2, -0.15) is 0 Å². The highest BCUT2D eigenvalue weighted by Gasteiger charge is 2.61. The summed E-state index contributed by atoms with van der Waals surface area (Å²) in [4.78, 5) is 24.9. The zero-order valence-corrected chi connectivity index (χ0v) is 14.4. The predicted octanol–water partition coefficient (Wildman–Crippen LogP) is 3.74. The molecule has 2 aliphatic carbocycles. The zero-order valence-electron chi connectivity index (χ0n) is 14.4. The highest BCUT2D eigenvalue weighted by atomic mass is 16.4. The molecule has 1 N–H and O–H groups in total. The van der Waals surface area contributed by atoms with Gasteiger partial charge in [0.2, 0.25) is 0 Å². The van der Waals surface area contributed by atoms with E-state index in [-0.39, 0.29) is 28.3 Å². The number of carbonyl (C=O) groups is 1. The first-order valence-corrected chi connectivity index (χ1v) is 8.67. The molecule has 24 heavy (non-hydrogen) atoms. The number of amides is 1. The molecule has 0 radical (unpaired) electrons. The van der Waals surface area contributed by atoms with Crippen molar-refractivity contribution in [3.05, 3.63) is 46.3 Å². The van der Waals surface area contributed by atoms with Crippen LogP contribution < -0.4 is 10.9 Å². The Kier molecular flexibility index (Phi) is 3.18. The van der Waals surface area contributed by atoms with Gasteiger partial charge in [0, 0.05) is 11.4 Å². The van der Waals surface area contributed by atoms with Gasteiger partial charge in [-0.25, -0.2) is 4.79 Å². The van der Waals surface area contributed by atoms with E-state index in [4.69, 9.17) is 4.42 Å². The molecule has 4 rings (SSSR count). The third-order valence-electron chi connectivity index (χ3n) is 6.99. The van der Waals surface area contributed by atoms with Gasteiger partial charge in [-0.05, 0) is 48.1 Å². The van der Waals surface area contributed by atoms with Crippen LogP contribution in [-0.2, 0) is 0 Å². The van der Waals surface area contributed by atoms with Crippen LogP contribution in [0.5, 0.6) is 0 Å². The first-order chi connectivity index (χ1) is 11.3. The van der Waals surface area contributed by atoms with Crippen molar-refractivity contribution in [3.63, 3.8) is 0 Å². The Morgan fingerprint density at radius 2 is 2.00 bits per heavy atom. The second-order valence-corrected chi connectivity index (χ2v) is 8.12. The molecule has 1 amide bonds. The standard InChI is InChI=1S/C20H23NO3/c1-19(2)13-8-9-20(19,3)16(11-13)21-17(22)14-10-12-6-4-5-7-15(12)24-18(14)23/h4-7,10,13,16H,8-9,11H2,1-3H3,(H,21,22)/t13-,16-,20+/m1/s1. The summed E-state index contributed by atoms with van der Waals surface area (Å²) in [5.74, 6) is 0.324. The number of nitrogens with one attached hydrogen (secondary N) is 1. The van der Waals surface area contributed by atoms with Crippen molar-refractivity contribution >= 4 is 16.9 Å². The van der Waals surface area contributed by atoms with Gasteiger partial charge in [0.25, 0.3) is 5.91 Å². The van der Waals surface area contributed by atoms with Gasteiger partial charge in [0.15, 0.2) is 0 Å². The Bertz CT molecular complexity index is 882. The molecule has 2 fully saturated rings. The van der Waals surface area contributed by atoms with Crippen LogP contribution in [0.3, 0.4) is 0 Å². The molecule has 2 aliphatic rings. The predicted molar refractivity (Wildman–Crippen MR) is 93.0 cm³/mol. The number of para-hydroxylation sites is 1. The fraction of sp³-hybridized carbons (Fsp3) is 0.500. The SMILES string of the molecule is CC1(C)[C@@H]2CC[C@@]1(C)[C@H](NC(=O)c1cc3ccccc3oc1=O)C2. The second-order valence-electron chi connectivity index (χ2n) is 8.12. The van der Waals surface area contributed by atoms with Gasteiger partial charge >= 0.3 is 5.63 Å². The van der Waals surface area contributed by atoms with E-state index in [2.05, 4.69) is 26.1 Å². The fourth-order valence-corrected chi connectivity index (χ4v) is 4.88. The maximum atomic E-state index is 12.7. The average molecular weight is 325 g/mol. The molecular formula is C20H23NO3. The Labute approximate surface area is 141 Å². The van der Waals surface area contributed by atoms with E-state index in [1.54, 1.807) is 12.1 Å². The molecule has 0 spiro atoms. The molecule has 0 unspecified atom stereocenters.